The van der Waals surface area contributed by atoms with Gasteiger partial charge in [0.25, 0.3) is 0 Å². The van der Waals surface area contributed by atoms with Crippen LogP contribution in [0.5, 0.6) is 0 Å². The van der Waals surface area contributed by atoms with Crippen LogP contribution in [0.15, 0.2) is 30.8 Å². The summed E-state index contributed by atoms with van der Waals surface area (Å²) < 4.78 is 7.05. The molecule has 1 aromatic carbocycles. The van der Waals surface area contributed by atoms with E-state index in [0.29, 0.717) is 6.61 Å². The fourth-order valence-corrected chi connectivity index (χ4v) is 6.22. The van der Waals surface area contributed by atoms with Crippen molar-refractivity contribution in [2.45, 2.75) is 163 Å². The summed E-state index contributed by atoms with van der Waals surface area (Å²) in [6, 6.07) is 8.28. The smallest absolute Gasteiger partial charge is 0.408 e. The molecule has 4 nitrogen and oxygen atoms in total. The number of carbonyl (C=O) groups excluding carboxylic acids is 1. The van der Waals surface area contributed by atoms with E-state index in [2.05, 4.69) is 50.9 Å². The molecule has 0 saturated heterocycles. The van der Waals surface area contributed by atoms with Gasteiger partial charge in [-0.05, 0) is 76.5 Å². The van der Waals surface area contributed by atoms with E-state index in [9.17, 15) is 4.79 Å². The number of allylic oxidation sites excluding steroid dienone is 1. The summed E-state index contributed by atoms with van der Waals surface area (Å²) in [5, 5.41) is 3.14. The van der Waals surface area contributed by atoms with Crippen molar-refractivity contribution in [3.05, 3.63) is 42.0 Å². The molecule has 0 aliphatic rings. The standard InChI is InChI=1S/C39H70N2O2/c1-8-11-14-17-20-23-29-41(30-24-21-18-15-12-9-2,31-25-22-19-16-13-10-3)32-33-43-38(42)40-39(6,7)37-28-26-27-36(34-37)35(4)5/h26-28,34H,4,8-25,29-33H2,1-3,5-7H3/p+1. The zero-order chi connectivity index (χ0) is 31.8. The van der Waals surface area contributed by atoms with Crippen molar-refractivity contribution in [3.63, 3.8) is 0 Å². The van der Waals surface area contributed by atoms with Crippen LogP contribution in [-0.2, 0) is 10.3 Å². The lowest BCUT2D eigenvalue weighted by Crippen LogP contribution is -2.52. The van der Waals surface area contributed by atoms with Crippen molar-refractivity contribution in [1.82, 2.24) is 5.32 Å². The van der Waals surface area contributed by atoms with Crippen LogP contribution in [0.1, 0.15) is 168 Å². The van der Waals surface area contributed by atoms with Crippen molar-refractivity contribution in [2.24, 2.45) is 0 Å². The molecular weight excluding hydrogens is 528 g/mol. The quantitative estimate of drug-likeness (QED) is 0.0807. The lowest BCUT2D eigenvalue weighted by molar-refractivity contribution is -0.929. The molecule has 0 aromatic heterocycles. The van der Waals surface area contributed by atoms with Gasteiger partial charge in [0.1, 0.15) is 13.2 Å². The first-order chi connectivity index (χ1) is 20.7. The Morgan fingerprint density at radius 3 is 1.60 bits per heavy atom. The summed E-state index contributed by atoms with van der Waals surface area (Å²) in [6.45, 7) is 22.1. The van der Waals surface area contributed by atoms with E-state index in [0.717, 1.165) is 27.7 Å². The molecule has 0 radical (unpaired) electrons. The first-order valence-electron chi connectivity index (χ1n) is 18.3. The Hall–Kier alpha value is -1.81. The maximum Gasteiger partial charge on any atom is 0.408 e. The number of ether oxygens (including phenoxy) is 1. The summed E-state index contributed by atoms with van der Waals surface area (Å²) in [5.74, 6) is 0. The van der Waals surface area contributed by atoms with Crippen LogP contribution in [0, 0.1) is 0 Å². The third-order valence-electron chi connectivity index (χ3n) is 9.25. The molecule has 0 spiro atoms. The maximum atomic E-state index is 13.1. The van der Waals surface area contributed by atoms with Crippen LogP contribution in [0.2, 0.25) is 0 Å². The molecule has 0 saturated carbocycles. The van der Waals surface area contributed by atoms with Gasteiger partial charge in [0.2, 0.25) is 0 Å². The Morgan fingerprint density at radius 2 is 1.16 bits per heavy atom. The molecular formula is C39H71N2O2+. The Kier molecular flexibility index (Phi) is 21.5. The Labute approximate surface area is 268 Å². The van der Waals surface area contributed by atoms with Gasteiger partial charge in [-0.2, -0.15) is 0 Å². The number of quaternary nitrogens is 1. The predicted molar refractivity (Wildman–Crippen MR) is 189 cm³/mol. The second-order valence-corrected chi connectivity index (χ2v) is 13.8. The largest absolute Gasteiger partial charge is 0.444 e. The van der Waals surface area contributed by atoms with Crippen molar-refractivity contribution < 1.29 is 14.0 Å². The minimum absolute atomic E-state index is 0.317. The summed E-state index contributed by atoms with van der Waals surface area (Å²) in [4.78, 5) is 13.1. The molecule has 1 amide bonds. The Bertz CT molecular complexity index is 822. The molecule has 43 heavy (non-hydrogen) atoms. The summed E-state index contributed by atoms with van der Waals surface area (Å²) in [7, 11) is 0. The van der Waals surface area contributed by atoms with Gasteiger partial charge in [0, 0.05) is 0 Å². The van der Waals surface area contributed by atoms with E-state index < -0.39 is 5.54 Å². The molecule has 1 N–H and O–H groups in total. The van der Waals surface area contributed by atoms with E-state index >= 15 is 0 Å². The highest BCUT2D eigenvalue weighted by atomic mass is 16.5. The fraction of sp³-hybridized carbons (Fsp3) is 0.769. The van der Waals surface area contributed by atoms with Crippen LogP contribution in [0.25, 0.3) is 5.57 Å². The molecule has 1 rings (SSSR count). The highest BCUT2D eigenvalue weighted by molar-refractivity contribution is 5.69. The first kappa shape index (κ1) is 39.2. The Morgan fingerprint density at radius 1 is 0.721 bits per heavy atom. The molecule has 0 fully saturated rings. The van der Waals surface area contributed by atoms with Gasteiger partial charge in [-0.1, -0.05) is 128 Å². The number of nitrogens with one attached hydrogen (secondary N) is 1. The van der Waals surface area contributed by atoms with E-state index in [1.54, 1.807) is 0 Å². The minimum Gasteiger partial charge on any atom is -0.444 e. The van der Waals surface area contributed by atoms with Gasteiger partial charge in [-0.3, -0.25) is 0 Å². The predicted octanol–water partition coefficient (Wildman–Crippen LogP) is 11.6. The summed E-state index contributed by atoms with van der Waals surface area (Å²) in [5.41, 5.74) is 2.66. The van der Waals surface area contributed by atoms with E-state index in [4.69, 9.17) is 4.74 Å². The minimum atomic E-state index is -0.524. The van der Waals surface area contributed by atoms with Gasteiger partial charge in [0.15, 0.2) is 0 Å². The summed E-state index contributed by atoms with van der Waals surface area (Å²) in [6.07, 6.45) is 23.6. The molecule has 0 aliphatic heterocycles. The van der Waals surface area contributed by atoms with Crippen LogP contribution in [-0.4, -0.2) is 43.4 Å². The number of hydrogen-bond donors (Lipinski definition) is 1. The topological polar surface area (TPSA) is 38.3 Å². The van der Waals surface area contributed by atoms with Crippen molar-refractivity contribution in [3.8, 4) is 0 Å². The van der Waals surface area contributed by atoms with Crippen LogP contribution >= 0.6 is 0 Å². The number of alkyl carbamates (subject to hydrolysis) is 1. The molecule has 0 heterocycles. The second-order valence-electron chi connectivity index (χ2n) is 13.8. The summed E-state index contributed by atoms with van der Waals surface area (Å²) >= 11 is 0. The first-order valence-corrected chi connectivity index (χ1v) is 18.3. The SMILES string of the molecule is C=C(C)c1cccc(C(C)(C)NC(=O)OCC[N+](CCCCCCCC)(CCCCCCCC)CCCCCCCC)c1. The maximum absolute atomic E-state index is 13.1. The van der Waals surface area contributed by atoms with Gasteiger partial charge in [-0.25, -0.2) is 4.79 Å². The number of carbonyl (C=O) groups is 1. The van der Waals surface area contributed by atoms with Crippen LogP contribution < -0.4 is 5.32 Å². The molecule has 248 valence electrons. The van der Waals surface area contributed by atoms with Crippen LogP contribution in [0.3, 0.4) is 0 Å². The molecule has 0 unspecified atom stereocenters. The van der Waals surface area contributed by atoms with Gasteiger partial charge >= 0.3 is 6.09 Å². The number of nitrogens with zero attached hydrogens (tertiary/aromatic N) is 1. The van der Waals surface area contributed by atoms with Crippen molar-refractivity contribution in [1.29, 1.82) is 0 Å². The van der Waals surface area contributed by atoms with Crippen molar-refractivity contribution in [2.75, 3.05) is 32.8 Å². The number of unbranched alkanes of at least 4 members (excludes halogenated alkanes) is 15. The Balaban J connectivity index is 2.86. The third kappa shape index (κ3) is 17.9. The monoisotopic (exact) mass is 600 g/mol. The molecule has 0 bridgehead atoms. The average molecular weight is 600 g/mol. The van der Waals surface area contributed by atoms with Gasteiger partial charge in [-0.15, -0.1) is 0 Å². The average Bonchev–Trinajstić information content (AvgIpc) is 2.98. The lowest BCUT2D eigenvalue weighted by atomic mass is 9.92. The number of amides is 1. The van der Waals surface area contributed by atoms with E-state index in [-0.39, 0.29) is 6.09 Å². The lowest BCUT2D eigenvalue weighted by Gasteiger charge is -2.39. The highest BCUT2D eigenvalue weighted by Gasteiger charge is 2.28. The molecule has 0 aliphatic carbocycles. The highest BCUT2D eigenvalue weighted by Crippen LogP contribution is 2.24. The molecule has 0 atom stereocenters. The molecule has 4 heteroatoms. The normalized spacial score (nSPS) is 12.0. The van der Waals surface area contributed by atoms with Crippen molar-refractivity contribution >= 4 is 11.7 Å². The van der Waals surface area contributed by atoms with Gasteiger partial charge < -0.3 is 14.5 Å². The van der Waals surface area contributed by atoms with Crippen LogP contribution in [0.4, 0.5) is 4.79 Å². The second kappa shape index (κ2) is 23.6. The number of benzene rings is 1. The third-order valence-corrected chi connectivity index (χ3v) is 9.25. The fourth-order valence-electron chi connectivity index (χ4n) is 6.22. The van der Waals surface area contributed by atoms with E-state index in [1.807, 2.05) is 26.8 Å². The molecule has 1 aromatic rings. The zero-order valence-corrected chi connectivity index (χ0v) is 29.5. The van der Waals surface area contributed by atoms with Gasteiger partial charge in [0.05, 0.1) is 25.2 Å². The zero-order valence-electron chi connectivity index (χ0n) is 29.5. The number of hydrogen-bond acceptors (Lipinski definition) is 2. The number of rotatable bonds is 27. The van der Waals surface area contributed by atoms with E-state index in [1.165, 1.54) is 135 Å².